The van der Waals surface area contributed by atoms with Crippen molar-refractivity contribution in [1.29, 1.82) is 0 Å². The van der Waals surface area contributed by atoms with E-state index in [1.807, 2.05) is 25.1 Å². The van der Waals surface area contributed by atoms with Crippen LogP contribution in [0.5, 0.6) is 5.75 Å². The van der Waals surface area contributed by atoms with Gasteiger partial charge in [-0.2, -0.15) is 0 Å². The molecule has 1 unspecified atom stereocenters. The Balaban J connectivity index is 1.94. The Labute approximate surface area is 133 Å². The third-order valence-electron chi connectivity index (χ3n) is 3.39. The van der Waals surface area contributed by atoms with Crippen molar-refractivity contribution in [1.82, 2.24) is 9.97 Å². The van der Waals surface area contributed by atoms with Gasteiger partial charge in [0.25, 0.3) is 0 Å². The molecule has 0 aliphatic carbocycles. The zero-order valence-electron chi connectivity index (χ0n) is 11.6. The summed E-state index contributed by atoms with van der Waals surface area (Å²) in [6, 6.07) is 7.62. The number of hydrogen-bond acceptors (Lipinski definition) is 4. The highest BCUT2D eigenvalue weighted by Crippen LogP contribution is 2.38. The lowest BCUT2D eigenvalue weighted by Crippen LogP contribution is -2.12. The maximum absolute atomic E-state index is 6.23. The van der Waals surface area contributed by atoms with Crippen molar-refractivity contribution in [3.05, 3.63) is 45.8 Å². The van der Waals surface area contributed by atoms with Crippen molar-refractivity contribution in [2.24, 2.45) is 0 Å². The fraction of sp³-hybridized carbons (Fsp3) is 0.333. The van der Waals surface area contributed by atoms with Gasteiger partial charge in [-0.05, 0) is 25.8 Å². The first kappa shape index (κ1) is 14.4. The summed E-state index contributed by atoms with van der Waals surface area (Å²) in [7, 11) is 0. The van der Waals surface area contributed by atoms with Crippen LogP contribution in [0.3, 0.4) is 0 Å². The first-order valence-corrected chi connectivity index (χ1v) is 7.58. The standard InChI is InChI=1S/C15H15Cl2N3O/c1-9-18-13(17)8-14(19-9)20-12-6-3-7-21-15-10(12)4-2-5-11(15)16/h2,4-5,8,12H,3,6-7H2,1H3,(H,18,19,20). The van der Waals surface area contributed by atoms with Crippen LogP contribution in [0.2, 0.25) is 10.2 Å². The Kier molecular flexibility index (Phi) is 4.17. The Hall–Kier alpha value is -1.52. The largest absolute Gasteiger partial charge is 0.492 e. The summed E-state index contributed by atoms with van der Waals surface area (Å²) in [6.07, 6.45) is 1.88. The van der Waals surface area contributed by atoms with Crippen molar-refractivity contribution in [2.75, 3.05) is 11.9 Å². The van der Waals surface area contributed by atoms with E-state index in [4.69, 9.17) is 27.9 Å². The zero-order chi connectivity index (χ0) is 14.8. The Morgan fingerprint density at radius 3 is 2.95 bits per heavy atom. The van der Waals surface area contributed by atoms with E-state index >= 15 is 0 Å². The predicted octanol–water partition coefficient (Wildman–Crippen LogP) is 4.42. The number of aryl methyl sites for hydroxylation is 1. The van der Waals surface area contributed by atoms with Crippen LogP contribution in [-0.4, -0.2) is 16.6 Å². The monoisotopic (exact) mass is 323 g/mol. The molecule has 0 radical (unpaired) electrons. The first-order chi connectivity index (χ1) is 10.1. The van der Waals surface area contributed by atoms with E-state index in [0.717, 1.165) is 24.2 Å². The molecular weight excluding hydrogens is 309 g/mol. The van der Waals surface area contributed by atoms with Crippen molar-refractivity contribution in [3.8, 4) is 5.75 Å². The summed E-state index contributed by atoms with van der Waals surface area (Å²) in [5.74, 6) is 2.11. The predicted molar refractivity (Wildman–Crippen MR) is 84.3 cm³/mol. The molecule has 0 spiro atoms. The van der Waals surface area contributed by atoms with E-state index in [9.17, 15) is 0 Å². The summed E-state index contributed by atoms with van der Waals surface area (Å²) < 4.78 is 5.76. The van der Waals surface area contributed by atoms with Crippen molar-refractivity contribution >= 4 is 29.0 Å². The van der Waals surface area contributed by atoms with E-state index in [0.29, 0.717) is 28.4 Å². The molecule has 1 atom stereocenters. The number of benzene rings is 1. The minimum atomic E-state index is 0.0894. The molecule has 1 aromatic heterocycles. The van der Waals surface area contributed by atoms with Crippen LogP contribution in [0.25, 0.3) is 0 Å². The lowest BCUT2D eigenvalue weighted by Gasteiger charge is -2.19. The van der Waals surface area contributed by atoms with Gasteiger partial charge >= 0.3 is 0 Å². The van der Waals surface area contributed by atoms with Gasteiger partial charge in [0.2, 0.25) is 0 Å². The van der Waals surface area contributed by atoms with E-state index in [-0.39, 0.29) is 6.04 Å². The first-order valence-electron chi connectivity index (χ1n) is 6.82. The normalized spacial score (nSPS) is 17.6. The summed E-state index contributed by atoms with van der Waals surface area (Å²) in [5, 5.41) is 4.48. The van der Waals surface area contributed by atoms with Crippen LogP contribution in [0.4, 0.5) is 5.82 Å². The molecular formula is C15H15Cl2N3O. The fourth-order valence-corrected chi connectivity index (χ4v) is 2.97. The molecule has 0 bridgehead atoms. The van der Waals surface area contributed by atoms with Crippen molar-refractivity contribution in [2.45, 2.75) is 25.8 Å². The minimum absolute atomic E-state index is 0.0894. The van der Waals surface area contributed by atoms with Crippen LogP contribution in [-0.2, 0) is 0 Å². The number of ether oxygens (including phenoxy) is 1. The molecule has 0 saturated carbocycles. The number of para-hydroxylation sites is 1. The molecule has 3 rings (SSSR count). The Morgan fingerprint density at radius 1 is 1.29 bits per heavy atom. The smallest absolute Gasteiger partial charge is 0.143 e. The number of aromatic nitrogens is 2. The van der Waals surface area contributed by atoms with Crippen LogP contribution in [0.1, 0.15) is 30.3 Å². The average Bonchev–Trinajstić information content (AvgIpc) is 2.62. The number of hydrogen-bond donors (Lipinski definition) is 1. The molecule has 1 aliphatic heterocycles. The molecule has 2 heterocycles. The van der Waals surface area contributed by atoms with E-state index in [1.165, 1.54) is 0 Å². The highest BCUT2D eigenvalue weighted by molar-refractivity contribution is 6.32. The second kappa shape index (κ2) is 6.08. The van der Waals surface area contributed by atoms with Gasteiger partial charge in [-0.1, -0.05) is 35.3 Å². The molecule has 0 saturated heterocycles. The number of rotatable bonds is 2. The summed E-state index contributed by atoms with van der Waals surface area (Å²) in [6.45, 7) is 2.48. The van der Waals surface area contributed by atoms with Gasteiger partial charge in [0.05, 0.1) is 17.7 Å². The summed E-state index contributed by atoms with van der Waals surface area (Å²) >= 11 is 12.2. The van der Waals surface area contributed by atoms with Crippen LogP contribution in [0.15, 0.2) is 24.3 Å². The Bertz CT molecular complexity index is 643. The molecule has 0 amide bonds. The topological polar surface area (TPSA) is 47.0 Å². The van der Waals surface area contributed by atoms with Crippen LogP contribution < -0.4 is 10.1 Å². The van der Waals surface area contributed by atoms with E-state index in [2.05, 4.69) is 15.3 Å². The van der Waals surface area contributed by atoms with Gasteiger partial charge in [0.1, 0.15) is 22.5 Å². The fourth-order valence-electron chi connectivity index (χ4n) is 2.50. The van der Waals surface area contributed by atoms with E-state index in [1.54, 1.807) is 6.07 Å². The number of halogens is 2. The summed E-state index contributed by atoms with van der Waals surface area (Å²) in [4.78, 5) is 8.45. The van der Waals surface area contributed by atoms with Gasteiger partial charge in [-0.15, -0.1) is 0 Å². The molecule has 1 aromatic carbocycles. The van der Waals surface area contributed by atoms with Crippen molar-refractivity contribution < 1.29 is 4.74 Å². The number of fused-ring (bicyclic) bond motifs is 1. The quantitative estimate of drug-likeness (QED) is 0.831. The third-order valence-corrected chi connectivity index (χ3v) is 3.88. The minimum Gasteiger partial charge on any atom is -0.492 e. The van der Waals surface area contributed by atoms with Crippen molar-refractivity contribution in [3.63, 3.8) is 0 Å². The molecule has 2 aromatic rings. The van der Waals surface area contributed by atoms with Gasteiger partial charge < -0.3 is 10.1 Å². The lowest BCUT2D eigenvalue weighted by molar-refractivity contribution is 0.316. The molecule has 21 heavy (non-hydrogen) atoms. The summed E-state index contributed by atoms with van der Waals surface area (Å²) in [5.41, 5.74) is 1.05. The average molecular weight is 324 g/mol. The number of nitrogens with one attached hydrogen (secondary N) is 1. The molecule has 4 nitrogen and oxygen atoms in total. The third kappa shape index (κ3) is 3.22. The highest BCUT2D eigenvalue weighted by Gasteiger charge is 2.22. The van der Waals surface area contributed by atoms with E-state index < -0.39 is 0 Å². The molecule has 1 aliphatic rings. The lowest BCUT2D eigenvalue weighted by atomic mass is 10.0. The molecule has 6 heteroatoms. The molecule has 110 valence electrons. The van der Waals surface area contributed by atoms with Gasteiger partial charge in [-0.25, -0.2) is 9.97 Å². The second-order valence-corrected chi connectivity index (χ2v) is 5.76. The van der Waals surface area contributed by atoms with Gasteiger partial charge in [-0.3, -0.25) is 0 Å². The number of anilines is 1. The molecule has 0 fully saturated rings. The SMILES string of the molecule is Cc1nc(Cl)cc(NC2CCCOc3c(Cl)cccc32)n1. The van der Waals surface area contributed by atoms with Crippen LogP contribution in [0, 0.1) is 6.92 Å². The van der Waals surface area contributed by atoms with Crippen LogP contribution >= 0.6 is 23.2 Å². The Morgan fingerprint density at radius 2 is 2.14 bits per heavy atom. The van der Waals surface area contributed by atoms with Gasteiger partial charge in [0.15, 0.2) is 0 Å². The highest BCUT2D eigenvalue weighted by atomic mass is 35.5. The zero-order valence-corrected chi connectivity index (χ0v) is 13.1. The number of nitrogens with zero attached hydrogens (tertiary/aromatic N) is 2. The maximum Gasteiger partial charge on any atom is 0.143 e. The maximum atomic E-state index is 6.23. The molecule has 1 N–H and O–H groups in total. The van der Waals surface area contributed by atoms with Gasteiger partial charge in [0, 0.05) is 11.6 Å². The second-order valence-electron chi connectivity index (χ2n) is 4.97.